The van der Waals surface area contributed by atoms with E-state index in [4.69, 9.17) is 9.15 Å². The quantitative estimate of drug-likeness (QED) is 0.790. The van der Waals surface area contributed by atoms with Crippen molar-refractivity contribution in [2.45, 2.75) is 6.61 Å². The molecule has 5 heteroatoms. The molecule has 0 fully saturated rings. The van der Waals surface area contributed by atoms with Crippen molar-refractivity contribution < 1.29 is 23.5 Å². The zero-order valence-electron chi connectivity index (χ0n) is 10.3. The maximum absolute atomic E-state index is 11.8. The minimum atomic E-state index is -0.526. The van der Waals surface area contributed by atoms with Crippen molar-refractivity contribution >= 4 is 11.9 Å². The summed E-state index contributed by atoms with van der Waals surface area (Å²) in [4.78, 5) is 23.1. The molecule has 0 aliphatic heterocycles. The molecule has 0 spiro atoms. The molecule has 0 saturated heterocycles. The van der Waals surface area contributed by atoms with Gasteiger partial charge in [0.15, 0.2) is 0 Å². The van der Waals surface area contributed by atoms with E-state index in [9.17, 15) is 9.59 Å². The van der Waals surface area contributed by atoms with E-state index in [-0.39, 0.29) is 12.2 Å². The Kier molecular flexibility index (Phi) is 3.97. The topological polar surface area (TPSA) is 65.7 Å². The van der Waals surface area contributed by atoms with Crippen LogP contribution in [-0.2, 0) is 16.1 Å². The first-order valence-corrected chi connectivity index (χ1v) is 5.58. The van der Waals surface area contributed by atoms with Gasteiger partial charge >= 0.3 is 11.9 Å². The third-order valence-corrected chi connectivity index (χ3v) is 2.44. The zero-order valence-corrected chi connectivity index (χ0v) is 10.3. The zero-order chi connectivity index (χ0) is 13.7. The largest absolute Gasteiger partial charge is 0.466 e. The van der Waals surface area contributed by atoms with Crippen molar-refractivity contribution in [3.05, 3.63) is 59.5 Å². The van der Waals surface area contributed by atoms with E-state index in [0.717, 1.165) is 0 Å². The van der Waals surface area contributed by atoms with Crippen LogP contribution in [-0.4, -0.2) is 19.0 Å². The smallest absolute Gasteiger partial charge is 0.338 e. The van der Waals surface area contributed by atoms with Crippen LogP contribution in [0.4, 0.5) is 0 Å². The monoisotopic (exact) mass is 260 g/mol. The van der Waals surface area contributed by atoms with Crippen molar-refractivity contribution in [3.8, 4) is 0 Å². The number of carbonyl (C=O) groups excluding carboxylic acids is 2. The minimum Gasteiger partial charge on any atom is -0.466 e. The predicted octanol–water partition coefficient (Wildman–Crippen LogP) is 2.42. The summed E-state index contributed by atoms with van der Waals surface area (Å²) in [7, 11) is 1.28. The fraction of sp³-hybridized carbons (Fsp3) is 0.143. The molecule has 1 aromatic carbocycles. The Bertz CT molecular complexity index is 571. The van der Waals surface area contributed by atoms with Gasteiger partial charge in [-0.3, -0.25) is 0 Å². The van der Waals surface area contributed by atoms with Crippen LogP contribution in [0.5, 0.6) is 0 Å². The number of ether oxygens (including phenoxy) is 2. The molecule has 0 unspecified atom stereocenters. The number of esters is 2. The molecular formula is C14H12O5. The van der Waals surface area contributed by atoms with Gasteiger partial charge in [-0.15, -0.1) is 0 Å². The molecule has 1 aromatic heterocycles. The Morgan fingerprint density at radius 2 is 1.84 bits per heavy atom. The number of hydrogen-bond acceptors (Lipinski definition) is 5. The lowest BCUT2D eigenvalue weighted by molar-refractivity contribution is 0.0445. The van der Waals surface area contributed by atoms with Gasteiger partial charge in [-0.2, -0.15) is 0 Å². The third-order valence-electron chi connectivity index (χ3n) is 2.44. The number of methoxy groups -OCH3 is 1. The molecular weight excluding hydrogens is 248 g/mol. The van der Waals surface area contributed by atoms with Crippen molar-refractivity contribution in [1.82, 2.24) is 0 Å². The molecule has 2 rings (SSSR count). The van der Waals surface area contributed by atoms with Gasteiger partial charge < -0.3 is 13.9 Å². The van der Waals surface area contributed by atoms with Gasteiger partial charge in [-0.05, 0) is 30.3 Å². The summed E-state index contributed by atoms with van der Waals surface area (Å²) in [5, 5.41) is 0. The fourth-order valence-electron chi connectivity index (χ4n) is 1.51. The van der Waals surface area contributed by atoms with Gasteiger partial charge in [-0.1, -0.05) is 6.07 Å². The molecule has 98 valence electrons. The number of furan rings is 1. The highest BCUT2D eigenvalue weighted by atomic mass is 16.5. The Labute approximate surface area is 109 Å². The molecule has 0 aliphatic rings. The van der Waals surface area contributed by atoms with E-state index in [1.807, 2.05) is 0 Å². The van der Waals surface area contributed by atoms with Gasteiger partial charge in [-0.25, -0.2) is 9.59 Å². The number of carbonyl (C=O) groups is 2. The molecule has 19 heavy (non-hydrogen) atoms. The second-order valence-electron chi connectivity index (χ2n) is 3.73. The highest BCUT2D eigenvalue weighted by molar-refractivity contribution is 5.95. The Hall–Kier alpha value is -2.56. The lowest BCUT2D eigenvalue weighted by Gasteiger charge is -2.04. The second-order valence-corrected chi connectivity index (χ2v) is 3.73. The lowest BCUT2D eigenvalue weighted by Crippen LogP contribution is -2.07. The van der Waals surface area contributed by atoms with E-state index >= 15 is 0 Å². The van der Waals surface area contributed by atoms with Crippen LogP contribution < -0.4 is 0 Å². The van der Waals surface area contributed by atoms with Crippen LogP contribution in [0, 0.1) is 0 Å². The Balaban J connectivity index is 2.04. The highest BCUT2D eigenvalue weighted by Crippen LogP contribution is 2.10. The van der Waals surface area contributed by atoms with Crippen LogP contribution in [0.1, 0.15) is 26.5 Å². The SMILES string of the molecule is COC(=O)c1cccc(C(=O)OCc2ccco2)c1. The first-order chi connectivity index (χ1) is 9.20. The highest BCUT2D eigenvalue weighted by Gasteiger charge is 2.12. The number of benzene rings is 1. The third kappa shape index (κ3) is 3.22. The van der Waals surface area contributed by atoms with E-state index < -0.39 is 11.9 Å². The van der Waals surface area contributed by atoms with Crippen molar-refractivity contribution in [1.29, 1.82) is 0 Å². The summed E-state index contributed by atoms with van der Waals surface area (Å²) >= 11 is 0. The molecule has 0 aliphatic carbocycles. The van der Waals surface area contributed by atoms with Crippen molar-refractivity contribution in [2.75, 3.05) is 7.11 Å². The Morgan fingerprint density at radius 3 is 2.47 bits per heavy atom. The molecule has 5 nitrogen and oxygen atoms in total. The van der Waals surface area contributed by atoms with E-state index in [1.54, 1.807) is 30.3 Å². The predicted molar refractivity (Wildman–Crippen MR) is 65.6 cm³/mol. The normalized spacial score (nSPS) is 9.95. The second kappa shape index (κ2) is 5.86. The first kappa shape index (κ1) is 12.9. The molecule has 0 bridgehead atoms. The minimum absolute atomic E-state index is 0.0499. The molecule has 0 atom stereocenters. The average molecular weight is 260 g/mol. The molecule has 2 aromatic rings. The summed E-state index contributed by atoms with van der Waals surface area (Å²) in [6.07, 6.45) is 1.50. The van der Waals surface area contributed by atoms with E-state index in [2.05, 4.69) is 4.74 Å². The summed E-state index contributed by atoms with van der Waals surface area (Å²) < 4.78 is 14.7. The maximum atomic E-state index is 11.8. The maximum Gasteiger partial charge on any atom is 0.338 e. The number of rotatable bonds is 4. The molecule has 0 saturated carbocycles. The van der Waals surface area contributed by atoms with Crippen LogP contribution in [0.25, 0.3) is 0 Å². The van der Waals surface area contributed by atoms with Crippen molar-refractivity contribution in [2.24, 2.45) is 0 Å². The van der Waals surface area contributed by atoms with Crippen LogP contribution in [0.3, 0.4) is 0 Å². The van der Waals surface area contributed by atoms with Crippen LogP contribution in [0.15, 0.2) is 47.1 Å². The van der Waals surface area contributed by atoms with Crippen LogP contribution in [0.2, 0.25) is 0 Å². The summed E-state index contributed by atoms with van der Waals surface area (Å²) in [6.45, 7) is 0.0499. The van der Waals surface area contributed by atoms with Gasteiger partial charge in [0.2, 0.25) is 0 Å². The summed E-state index contributed by atoms with van der Waals surface area (Å²) in [5.74, 6) is -0.472. The van der Waals surface area contributed by atoms with Gasteiger partial charge in [0.25, 0.3) is 0 Å². The van der Waals surface area contributed by atoms with Gasteiger partial charge in [0.1, 0.15) is 12.4 Å². The molecule has 0 N–H and O–H groups in total. The Morgan fingerprint density at radius 1 is 1.11 bits per heavy atom. The summed E-state index contributed by atoms with van der Waals surface area (Å²) in [5.41, 5.74) is 0.587. The average Bonchev–Trinajstić information content (AvgIpc) is 2.97. The molecule has 0 amide bonds. The fourth-order valence-corrected chi connectivity index (χ4v) is 1.51. The number of hydrogen-bond donors (Lipinski definition) is 0. The molecule has 1 heterocycles. The lowest BCUT2D eigenvalue weighted by atomic mass is 10.1. The van der Waals surface area contributed by atoms with Gasteiger partial charge in [0, 0.05) is 0 Å². The standard InChI is InChI=1S/C14H12O5/c1-17-13(15)10-4-2-5-11(8-10)14(16)19-9-12-6-3-7-18-12/h2-8H,9H2,1H3. The van der Waals surface area contributed by atoms with E-state index in [1.165, 1.54) is 19.4 Å². The van der Waals surface area contributed by atoms with Gasteiger partial charge in [0.05, 0.1) is 24.5 Å². The van der Waals surface area contributed by atoms with Crippen molar-refractivity contribution in [3.63, 3.8) is 0 Å². The summed E-state index contributed by atoms with van der Waals surface area (Å²) in [6, 6.07) is 9.57. The molecule has 0 radical (unpaired) electrons. The van der Waals surface area contributed by atoms with E-state index in [0.29, 0.717) is 11.3 Å². The van der Waals surface area contributed by atoms with Crippen LogP contribution >= 0.6 is 0 Å². The first-order valence-electron chi connectivity index (χ1n) is 5.58.